The van der Waals surface area contributed by atoms with Gasteiger partial charge in [0.1, 0.15) is 24.2 Å². The van der Waals surface area contributed by atoms with Gasteiger partial charge in [-0.1, -0.05) is 13.8 Å². The number of halogens is 1. The van der Waals surface area contributed by atoms with E-state index >= 15 is 0 Å². The molecule has 246 valence electrons. The first-order chi connectivity index (χ1) is 22.9. The van der Waals surface area contributed by atoms with Crippen molar-refractivity contribution in [2.24, 2.45) is 23.2 Å². The molecule has 10 nitrogen and oxygen atoms in total. The predicted octanol–water partition coefficient (Wildman–Crippen LogP) is 5.69. The van der Waals surface area contributed by atoms with Crippen molar-refractivity contribution in [2.75, 3.05) is 44.2 Å². The molecule has 5 aliphatic rings. The molecule has 0 N–H and O–H groups in total. The maximum atomic E-state index is 14.6. The molecule has 1 unspecified atom stereocenters. The van der Waals surface area contributed by atoms with Crippen LogP contribution in [0, 0.1) is 40.3 Å². The van der Waals surface area contributed by atoms with Gasteiger partial charge < -0.3 is 14.5 Å². The first-order valence-electron chi connectivity index (χ1n) is 17.5. The first kappa shape index (κ1) is 30.6. The topological polar surface area (TPSA) is 107 Å². The van der Waals surface area contributed by atoms with E-state index in [4.69, 9.17) is 4.74 Å². The summed E-state index contributed by atoms with van der Waals surface area (Å²) < 4.78 is 21.0. The summed E-state index contributed by atoms with van der Waals surface area (Å²) in [5.41, 5.74) is 2.57. The molecular weight excluding hydrogens is 593 g/mol. The second-order valence-electron chi connectivity index (χ2n) is 15.1. The lowest BCUT2D eigenvalue weighted by atomic mass is 9.67. The molecule has 3 aromatic rings. The summed E-state index contributed by atoms with van der Waals surface area (Å²) in [6, 6.07) is 8.32. The van der Waals surface area contributed by atoms with Gasteiger partial charge in [0.05, 0.1) is 11.8 Å². The standard InChI is InChI=1S/C36H44FN9O/c1-23(2)33(26-13-28(14-26)44-10-7-24(16-38)8-11-44)46-19-36(20-46)9-12-45(18-36)34-35(43-42-22-41-34)47-31-6-5-27(37)15-29(31)30-17-39-21-40-32(30)25-3-4-25/h5-6,15,17,21-26,28,33H,3-4,7-14,18-20H2,1-2H3. The van der Waals surface area contributed by atoms with Crippen LogP contribution < -0.4 is 9.64 Å². The van der Waals surface area contributed by atoms with Crippen LogP contribution in [0.3, 0.4) is 0 Å². The molecule has 3 saturated heterocycles. The third-order valence-corrected chi connectivity index (χ3v) is 11.5. The molecule has 5 heterocycles. The highest BCUT2D eigenvalue weighted by molar-refractivity contribution is 5.73. The lowest BCUT2D eigenvalue weighted by Gasteiger charge is -2.58. The van der Waals surface area contributed by atoms with Gasteiger partial charge in [-0.2, -0.15) is 5.26 Å². The van der Waals surface area contributed by atoms with E-state index in [9.17, 15) is 9.65 Å². The number of aromatic nitrogens is 5. The summed E-state index contributed by atoms with van der Waals surface area (Å²) in [6.07, 6.45) is 12.7. The number of anilines is 1. The fourth-order valence-electron chi connectivity index (χ4n) is 8.94. The van der Waals surface area contributed by atoms with Gasteiger partial charge in [-0.3, -0.25) is 4.90 Å². The third kappa shape index (κ3) is 5.95. The highest BCUT2D eigenvalue weighted by atomic mass is 19.1. The first-order valence-corrected chi connectivity index (χ1v) is 17.5. The number of benzene rings is 1. The van der Waals surface area contributed by atoms with Crippen molar-refractivity contribution in [3.63, 3.8) is 0 Å². The zero-order valence-corrected chi connectivity index (χ0v) is 27.4. The molecule has 1 atom stereocenters. The summed E-state index contributed by atoms with van der Waals surface area (Å²) in [5, 5.41) is 17.7. The van der Waals surface area contributed by atoms with Gasteiger partial charge in [-0.05, 0) is 88.1 Å². The number of ether oxygens (including phenoxy) is 1. The molecule has 2 aliphatic carbocycles. The van der Waals surface area contributed by atoms with Crippen LogP contribution in [0.4, 0.5) is 10.2 Å². The minimum absolute atomic E-state index is 0.235. The van der Waals surface area contributed by atoms with Gasteiger partial charge in [0, 0.05) is 72.8 Å². The largest absolute Gasteiger partial charge is 0.434 e. The highest BCUT2D eigenvalue weighted by Crippen LogP contribution is 2.49. The molecule has 1 aromatic carbocycles. The monoisotopic (exact) mass is 637 g/mol. The zero-order chi connectivity index (χ0) is 32.1. The smallest absolute Gasteiger partial charge is 0.282 e. The molecule has 11 heteroatoms. The summed E-state index contributed by atoms with van der Waals surface area (Å²) in [4.78, 5) is 21.1. The van der Waals surface area contributed by atoms with Crippen molar-refractivity contribution in [1.82, 2.24) is 34.9 Å². The molecule has 8 rings (SSSR count). The summed E-state index contributed by atoms with van der Waals surface area (Å²) in [6.45, 7) is 10.9. The molecule has 2 aromatic heterocycles. The number of nitrogens with zero attached hydrogens (tertiary/aromatic N) is 9. The lowest BCUT2D eigenvalue weighted by Crippen LogP contribution is -2.65. The van der Waals surface area contributed by atoms with Crippen LogP contribution >= 0.6 is 0 Å². The van der Waals surface area contributed by atoms with Gasteiger partial charge in [0.25, 0.3) is 5.88 Å². The van der Waals surface area contributed by atoms with Crippen molar-refractivity contribution in [2.45, 2.75) is 76.8 Å². The fourth-order valence-corrected chi connectivity index (χ4v) is 8.94. The number of hydrogen-bond donors (Lipinski definition) is 0. The van der Waals surface area contributed by atoms with Crippen LogP contribution in [0.5, 0.6) is 11.6 Å². The van der Waals surface area contributed by atoms with Gasteiger partial charge in [-0.15, -0.1) is 10.2 Å². The molecule has 1 spiro atoms. The van der Waals surface area contributed by atoms with Crippen LogP contribution in [-0.2, 0) is 0 Å². The van der Waals surface area contributed by atoms with E-state index < -0.39 is 0 Å². The minimum atomic E-state index is -0.344. The molecule has 0 radical (unpaired) electrons. The molecule has 0 bridgehead atoms. The molecular formula is C36H44FN9O. The number of piperidine rings is 1. The number of likely N-dealkylation sites (tertiary alicyclic amines) is 2. The summed E-state index contributed by atoms with van der Waals surface area (Å²) in [7, 11) is 0. The van der Waals surface area contributed by atoms with Crippen molar-refractivity contribution in [1.29, 1.82) is 5.26 Å². The fraction of sp³-hybridized carbons (Fsp3) is 0.611. The van der Waals surface area contributed by atoms with Crippen molar-refractivity contribution >= 4 is 5.82 Å². The predicted molar refractivity (Wildman–Crippen MR) is 175 cm³/mol. The van der Waals surface area contributed by atoms with E-state index in [0.717, 1.165) is 88.5 Å². The number of nitriles is 1. The number of hydrogen-bond acceptors (Lipinski definition) is 10. The Morgan fingerprint density at radius 1 is 1.00 bits per heavy atom. The number of rotatable bonds is 9. The molecule has 3 aliphatic heterocycles. The Labute approximate surface area is 276 Å². The second kappa shape index (κ2) is 12.4. The minimum Gasteiger partial charge on any atom is -0.434 e. The lowest BCUT2D eigenvalue weighted by molar-refractivity contribution is -0.0819. The van der Waals surface area contributed by atoms with Crippen LogP contribution in [0.25, 0.3) is 11.1 Å². The Morgan fingerprint density at radius 3 is 2.55 bits per heavy atom. The van der Waals surface area contributed by atoms with Gasteiger partial charge in [0.2, 0.25) is 0 Å². The van der Waals surface area contributed by atoms with Crippen molar-refractivity contribution in [3.8, 4) is 28.8 Å². The molecule has 5 fully saturated rings. The Morgan fingerprint density at radius 2 is 1.81 bits per heavy atom. The Bertz CT molecular complexity index is 1640. The van der Waals surface area contributed by atoms with E-state index in [0.29, 0.717) is 46.9 Å². The molecule has 47 heavy (non-hydrogen) atoms. The quantitative estimate of drug-likeness (QED) is 0.291. The van der Waals surface area contributed by atoms with Crippen LogP contribution in [0.2, 0.25) is 0 Å². The van der Waals surface area contributed by atoms with Gasteiger partial charge in [-0.25, -0.2) is 19.3 Å². The Balaban J connectivity index is 0.933. The van der Waals surface area contributed by atoms with E-state index in [-0.39, 0.29) is 17.2 Å². The second-order valence-corrected chi connectivity index (χ2v) is 15.1. The average Bonchev–Trinajstić information content (AvgIpc) is 3.81. The van der Waals surface area contributed by atoms with Gasteiger partial charge in [0.15, 0.2) is 5.82 Å². The average molecular weight is 638 g/mol. The maximum Gasteiger partial charge on any atom is 0.282 e. The van der Waals surface area contributed by atoms with E-state index in [1.165, 1.54) is 31.3 Å². The van der Waals surface area contributed by atoms with Crippen molar-refractivity contribution in [3.05, 3.63) is 48.6 Å². The Hall–Kier alpha value is -3.75. The molecule has 2 saturated carbocycles. The highest BCUT2D eigenvalue weighted by Gasteiger charge is 2.53. The Kier molecular flexibility index (Phi) is 8.04. The zero-order valence-electron chi connectivity index (χ0n) is 27.4. The molecule has 0 amide bonds. The van der Waals surface area contributed by atoms with Crippen LogP contribution in [0.1, 0.15) is 70.4 Å². The normalized spacial score (nSPS) is 25.4. The van der Waals surface area contributed by atoms with E-state index in [1.54, 1.807) is 18.6 Å². The summed E-state index contributed by atoms with van der Waals surface area (Å²) >= 11 is 0. The SMILES string of the molecule is CC(C)C(C1CC(N2CCC(C#N)CC2)C1)N1CC2(CCN(c3ncnnc3Oc3ccc(F)cc3-c3cncnc3C3CC3)C2)C1. The third-order valence-electron chi connectivity index (χ3n) is 11.5. The van der Waals surface area contributed by atoms with Gasteiger partial charge >= 0.3 is 0 Å². The van der Waals surface area contributed by atoms with Crippen LogP contribution in [0.15, 0.2) is 37.1 Å². The van der Waals surface area contributed by atoms with Crippen molar-refractivity contribution < 1.29 is 9.13 Å². The van der Waals surface area contributed by atoms with Crippen LogP contribution in [-0.4, -0.2) is 86.3 Å². The van der Waals surface area contributed by atoms with E-state index in [2.05, 4.69) is 59.8 Å². The van der Waals surface area contributed by atoms with E-state index in [1.807, 2.05) is 0 Å². The summed E-state index contributed by atoms with van der Waals surface area (Å²) in [5.74, 6) is 3.14. The maximum absolute atomic E-state index is 14.6.